The molecule has 1 saturated heterocycles. The molecule has 1 N–H and O–H groups in total. The van der Waals surface area contributed by atoms with Crippen LogP contribution in [0.3, 0.4) is 0 Å². The van der Waals surface area contributed by atoms with Crippen LogP contribution in [0, 0.1) is 6.92 Å². The van der Waals surface area contributed by atoms with Crippen molar-refractivity contribution in [2.75, 3.05) is 32.8 Å². The van der Waals surface area contributed by atoms with Gasteiger partial charge in [0.25, 0.3) is 5.91 Å². The number of amides is 1. The lowest BCUT2D eigenvalue weighted by atomic mass is 10.2. The molecule has 1 aliphatic rings. The van der Waals surface area contributed by atoms with Crippen molar-refractivity contribution in [3.8, 4) is 5.75 Å². The van der Waals surface area contributed by atoms with Crippen molar-refractivity contribution in [3.05, 3.63) is 29.8 Å². The summed E-state index contributed by atoms with van der Waals surface area (Å²) in [5.41, 5.74) is 1.19. The molecule has 19 heavy (non-hydrogen) atoms. The van der Waals surface area contributed by atoms with Gasteiger partial charge in [-0.1, -0.05) is 17.7 Å². The van der Waals surface area contributed by atoms with Crippen LogP contribution in [0.15, 0.2) is 24.3 Å². The molecule has 0 aliphatic carbocycles. The fraction of sp³-hybridized carbons (Fsp3) is 0.533. The van der Waals surface area contributed by atoms with Gasteiger partial charge in [-0.2, -0.15) is 0 Å². The largest absolute Gasteiger partial charge is 0.484 e. The third kappa shape index (κ3) is 4.56. The highest BCUT2D eigenvalue weighted by Crippen LogP contribution is 2.11. The summed E-state index contributed by atoms with van der Waals surface area (Å²) in [5, 5.41) is 3.32. The molecular formula is C15H22N2O2. The number of hydrogen-bond donors (Lipinski definition) is 1. The maximum absolute atomic E-state index is 12.1. The highest BCUT2D eigenvalue weighted by atomic mass is 16.5. The monoisotopic (exact) mass is 262 g/mol. The van der Waals surface area contributed by atoms with Gasteiger partial charge in [-0.05, 0) is 38.4 Å². The van der Waals surface area contributed by atoms with E-state index in [0.29, 0.717) is 0 Å². The maximum atomic E-state index is 12.1. The molecular weight excluding hydrogens is 240 g/mol. The molecule has 1 fully saturated rings. The Bertz CT molecular complexity index is 395. The number of ether oxygens (including phenoxy) is 1. The normalized spacial score (nSPS) is 16.6. The second-order valence-corrected chi connectivity index (χ2v) is 4.94. The first-order chi connectivity index (χ1) is 9.25. The minimum absolute atomic E-state index is 0.0734. The number of aryl methyl sites for hydroxylation is 1. The summed E-state index contributed by atoms with van der Waals surface area (Å²) in [4.78, 5) is 14.0. The Morgan fingerprint density at radius 2 is 2.00 bits per heavy atom. The van der Waals surface area contributed by atoms with Gasteiger partial charge in [-0.15, -0.1) is 0 Å². The third-order valence-corrected chi connectivity index (χ3v) is 3.33. The molecule has 1 aliphatic heterocycles. The second kappa shape index (κ2) is 7.14. The summed E-state index contributed by atoms with van der Waals surface area (Å²) in [6.07, 6.45) is 2.19. The van der Waals surface area contributed by atoms with Crippen LogP contribution in [-0.4, -0.2) is 43.6 Å². The molecule has 0 aromatic heterocycles. The highest BCUT2D eigenvalue weighted by molar-refractivity contribution is 5.77. The summed E-state index contributed by atoms with van der Waals surface area (Å²) in [6.45, 7) is 5.71. The smallest absolute Gasteiger partial charge is 0.260 e. The van der Waals surface area contributed by atoms with Gasteiger partial charge in [0, 0.05) is 19.6 Å². The van der Waals surface area contributed by atoms with Crippen LogP contribution in [0.5, 0.6) is 5.75 Å². The average Bonchev–Trinajstić information content (AvgIpc) is 2.37. The number of nitrogens with zero attached hydrogens (tertiary/aromatic N) is 1. The zero-order valence-corrected chi connectivity index (χ0v) is 11.5. The number of benzene rings is 1. The summed E-state index contributed by atoms with van der Waals surface area (Å²) < 4.78 is 5.54. The topological polar surface area (TPSA) is 41.6 Å². The van der Waals surface area contributed by atoms with Crippen LogP contribution in [0.1, 0.15) is 18.4 Å². The summed E-state index contributed by atoms with van der Waals surface area (Å²) in [5.74, 6) is 0.827. The number of hydrogen-bond acceptors (Lipinski definition) is 3. The van der Waals surface area contributed by atoms with Crippen LogP contribution in [0.2, 0.25) is 0 Å². The number of nitrogens with one attached hydrogen (secondary N) is 1. The van der Waals surface area contributed by atoms with E-state index in [1.54, 1.807) is 0 Å². The fourth-order valence-corrected chi connectivity index (χ4v) is 2.12. The van der Waals surface area contributed by atoms with Gasteiger partial charge in [0.15, 0.2) is 6.61 Å². The zero-order valence-electron chi connectivity index (χ0n) is 11.5. The Morgan fingerprint density at radius 1 is 1.21 bits per heavy atom. The molecule has 4 heteroatoms. The van der Waals surface area contributed by atoms with Crippen LogP contribution >= 0.6 is 0 Å². The van der Waals surface area contributed by atoms with Crippen molar-refractivity contribution in [2.24, 2.45) is 0 Å². The van der Waals surface area contributed by atoms with Gasteiger partial charge < -0.3 is 15.0 Å². The van der Waals surface area contributed by atoms with E-state index in [-0.39, 0.29) is 12.5 Å². The zero-order chi connectivity index (χ0) is 13.5. The van der Waals surface area contributed by atoms with Crippen LogP contribution in [0.4, 0.5) is 0 Å². The van der Waals surface area contributed by atoms with E-state index >= 15 is 0 Å². The van der Waals surface area contributed by atoms with Crippen molar-refractivity contribution in [2.45, 2.75) is 19.8 Å². The first kappa shape index (κ1) is 13.9. The first-order valence-corrected chi connectivity index (χ1v) is 6.94. The lowest BCUT2D eigenvalue weighted by molar-refractivity contribution is -0.133. The molecule has 1 heterocycles. The minimum Gasteiger partial charge on any atom is -0.484 e. The Hall–Kier alpha value is -1.55. The number of carbonyl (C=O) groups is 1. The predicted molar refractivity (Wildman–Crippen MR) is 75.4 cm³/mol. The van der Waals surface area contributed by atoms with Crippen LogP contribution in [-0.2, 0) is 4.79 Å². The minimum atomic E-state index is 0.0734. The van der Waals surface area contributed by atoms with E-state index < -0.39 is 0 Å². The van der Waals surface area contributed by atoms with Crippen molar-refractivity contribution in [3.63, 3.8) is 0 Å². The standard InChI is InChI=1S/C15H22N2O2/c1-13-4-6-14(7-5-13)19-12-15(18)17-10-3-2-8-16-9-11-17/h4-7,16H,2-3,8-12H2,1H3. The first-order valence-electron chi connectivity index (χ1n) is 6.94. The Labute approximate surface area is 114 Å². The summed E-state index contributed by atoms with van der Waals surface area (Å²) >= 11 is 0. The van der Waals surface area contributed by atoms with Crippen molar-refractivity contribution in [1.29, 1.82) is 0 Å². The SMILES string of the molecule is Cc1ccc(OCC(=O)N2CCCCNCC2)cc1. The second-order valence-electron chi connectivity index (χ2n) is 4.94. The van der Waals surface area contributed by atoms with E-state index in [4.69, 9.17) is 4.74 Å². The van der Waals surface area contributed by atoms with Gasteiger partial charge in [0.2, 0.25) is 0 Å². The van der Waals surface area contributed by atoms with E-state index in [1.165, 1.54) is 5.56 Å². The molecule has 0 spiro atoms. The Balaban J connectivity index is 1.80. The predicted octanol–water partition coefficient (Wildman–Crippen LogP) is 1.59. The van der Waals surface area contributed by atoms with E-state index in [9.17, 15) is 4.79 Å². The molecule has 0 unspecified atom stereocenters. The van der Waals surface area contributed by atoms with Gasteiger partial charge >= 0.3 is 0 Å². The highest BCUT2D eigenvalue weighted by Gasteiger charge is 2.14. The molecule has 0 bridgehead atoms. The average molecular weight is 262 g/mol. The molecule has 0 atom stereocenters. The number of carbonyl (C=O) groups excluding carboxylic acids is 1. The Kier molecular flexibility index (Phi) is 5.21. The van der Waals surface area contributed by atoms with Crippen molar-refractivity contribution < 1.29 is 9.53 Å². The summed E-state index contributed by atoms with van der Waals surface area (Å²) in [7, 11) is 0. The van der Waals surface area contributed by atoms with Crippen LogP contribution < -0.4 is 10.1 Å². The molecule has 0 saturated carbocycles. The molecule has 0 radical (unpaired) electrons. The molecule has 4 nitrogen and oxygen atoms in total. The molecule has 1 aromatic rings. The number of rotatable bonds is 3. The summed E-state index contributed by atoms with van der Waals surface area (Å²) in [6, 6.07) is 7.77. The lowest BCUT2D eigenvalue weighted by Gasteiger charge is -2.25. The Morgan fingerprint density at radius 3 is 2.79 bits per heavy atom. The maximum Gasteiger partial charge on any atom is 0.260 e. The van der Waals surface area contributed by atoms with E-state index in [1.807, 2.05) is 36.1 Å². The van der Waals surface area contributed by atoms with Crippen molar-refractivity contribution in [1.82, 2.24) is 10.2 Å². The molecule has 2 rings (SSSR count). The third-order valence-electron chi connectivity index (χ3n) is 3.33. The fourth-order valence-electron chi connectivity index (χ4n) is 2.12. The van der Waals surface area contributed by atoms with Gasteiger partial charge in [-0.25, -0.2) is 0 Å². The molecule has 1 amide bonds. The van der Waals surface area contributed by atoms with Crippen molar-refractivity contribution >= 4 is 5.91 Å². The van der Waals surface area contributed by atoms with Gasteiger partial charge in [-0.3, -0.25) is 4.79 Å². The van der Waals surface area contributed by atoms with E-state index in [0.717, 1.165) is 44.8 Å². The lowest BCUT2D eigenvalue weighted by Crippen LogP contribution is -2.42. The van der Waals surface area contributed by atoms with Gasteiger partial charge in [0.1, 0.15) is 5.75 Å². The van der Waals surface area contributed by atoms with Crippen LogP contribution in [0.25, 0.3) is 0 Å². The van der Waals surface area contributed by atoms with E-state index in [2.05, 4.69) is 5.32 Å². The quantitative estimate of drug-likeness (QED) is 0.899. The molecule has 1 aromatic carbocycles. The van der Waals surface area contributed by atoms with Gasteiger partial charge in [0.05, 0.1) is 0 Å². The molecule has 104 valence electrons.